The van der Waals surface area contributed by atoms with E-state index in [4.69, 9.17) is 18.9 Å². The lowest BCUT2D eigenvalue weighted by atomic mass is 10.0. The van der Waals surface area contributed by atoms with Crippen molar-refractivity contribution >= 4 is 10.9 Å². The van der Waals surface area contributed by atoms with Crippen molar-refractivity contribution in [2.45, 2.75) is 12.6 Å². The quantitative estimate of drug-likeness (QED) is 0.440. The zero-order valence-corrected chi connectivity index (χ0v) is 20.3. The number of methoxy groups -OCH3 is 3. The summed E-state index contributed by atoms with van der Waals surface area (Å²) in [6.45, 7) is 0.932. The summed E-state index contributed by atoms with van der Waals surface area (Å²) < 4.78 is 27.9. The van der Waals surface area contributed by atoms with Gasteiger partial charge in [-0.1, -0.05) is 30.3 Å². The zero-order valence-electron chi connectivity index (χ0n) is 20.3. The summed E-state index contributed by atoms with van der Waals surface area (Å²) in [5.41, 5.74) is 2.87. The Morgan fingerprint density at radius 3 is 2.26 bits per heavy atom. The lowest BCUT2D eigenvalue weighted by molar-refractivity contribution is 0.0461. The highest BCUT2D eigenvalue weighted by atomic mass is 16.5. The molecule has 4 aromatic rings. The van der Waals surface area contributed by atoms with Crippen LogP contribution in [0.1, 0.15) is 17.4 Å². The van der Waals surface area contributed by atoms with Gasteiger partial charge < -0.3 is 23.5 Å². The molecule has 5 rings (SSSR count). The van der Waals surface area contributed by atoms with Crippen LogP contribution in [0, 0.1) is 0 Å². The largest absolute Gasteiger partial charge is 0.493 e. The van der Waals surface area contributed by atoms with Gasteiger partial charge in [-0.05, 0) is 17.7 Å². The van der Waals surface area contributed by atoms with Crippen LogP contribution in [0.4, 0.5) is 0 Å². The Kier molecular flexibility index (Phi) is 5.64. The number of fused-ring (bicyclic) bond motifs is 3. The number of rotatable bonds is 5. The predicted molar refractivity (Wildman–Crippen MR) is 132 cm³/mol. The average molecular weight is 478 g/mol. The third kappa shape index (κ3) is 3.26. The van der Waals surface area contributed by atoms with E-state index in [2.05, 4.69) is 4.57 Å². The van der Waals surface area contributed by atoms with Crippen LogP contribution in [0.15, 0.2) is 52.1 Å². The maximum atomic E-state index is 13.5. The molecule has 2 aromatic carbocycles. The van der Waals surface area contributed by atoms with Gasteiger partial charge in [-0.25, -0.2) is 4.79 Å². The fraction of sp³-hybridized carbons (Fsp3) is 0.308. The minimum Gasteiger partial charge on any atom is -0.493 e. The summed E-state index contributed by atoms with van der Waals surface area (Å²) in [5.74, 6) is 1.43. The number of hydrogen-bond acceptors (Lipinski definition) is 6. The van der Waals surface area contributed by atoms with Crippen LogP contribution >= 0.6 is 0 Å². The van der Waals surface area contributed by atoms with Gasteiger partial charge in [0.1, 0.15) is 6.10 Å². The highest BCUT2D eigenvalue weighted by Crippen LogP contribution is 2.47. The van der Waals surface area contributed by atoms with Gasteiger partial charge in [0.25, 0.3) is 5.56 Å². The van der Waals surface area contributed by atoms with Crippen LogP contribution in [0.25, 0.3) is 22.2 Å². The monoisotopic (exact) mass is 477 g/mol. The second kappa shape index (κ2) is 8.66. The van der Waals surface area contributed by atoms with Crippen LogP contribution in [-0.4, -0.2) is 41.6 Å². The molecular formula is C26H27N3O6. The van der Waals surface area contributed by atoms with Crippen LogP contribution in [0.2, 0.25) is 0 Å². The standard InChI is InChI=1S/C26H27N3O6/c1-27-20-18(25(30)28(2)26(27)31)19(15-9-7-6-8-10-15)29-13-14-35-22(21(20)29)16-11-12-17(32-3)24(34-5)23(16)33-4/h6-12,22H,13-14H2,1-5H3/t22-/m0/s1. The summed E-state index contributed by atoms with van der Waals surface area (Å²) in [5, 5.41) is 0.478. The third-order valence-electron chi connectivity index (χ3n) is 6.62. The van der Waals surface area contributed by atoms with Gasteiger partial charge in [0.05, 0.1) is 50.2 Å². The Bertz CT molecular complexity index is 1550. The zero-order chi connectivity index (χ0) is 24.9. The van der Waals surface area contributed by atoms with E-state index in [1.165, 1.54) is 11.6 Å². The Hall–Kier alpha value is -3.98. The van der Waals surface area contributed by atoms with Crippen LogP contribution in [0.3, 0.4) is 0 Å². The van der Waals surface area contributed by atoms with Crippen molar-refractivity contribution in [1.82, 2.24) is 13.7 Å². The molecule has 0 amide bonds. The van der Waals surface area contributed by atoms with E-state index in [9.17, 15) is 9.59 Å². The first-order valence-corrected chi connectivity index (χ1v) is 11.2. The average Bonchev–Trinajstić information content (AvgIpc) is 3.25. The summed E-state index contributed by atoms with van der Waals surface area (Å²) in [7, 11) is 7.84. The van der Waals surface area contributed by atoms with Gasteiger partial charge in [-0.2, -0.15) is 0 Å². The van der Waals surface area contributed by atoms with Gasteiger partial charge in [0.2, 0.25) is 5.75 Å². The molecule has 35 heavy (non-hydrogen) atoms. The van der Waals surface area contributed by atoms with E-state index < -0.39 is 11.8 Å². The number of nitrogens with zero attached hydrogens (tertiary/aromatic N) is 3. The minimum absolute atomic E-state index is 0.345. The fourth-order valence-corrected chi connectivity index (χ4v) is 5.04. The van der Waals surface area contributed by atoms with E-state index in [0.717, 1.165) is 15.8 Å². The SMILES string of the molecule is COc1ccc([C@@H]2OCCn3c(-c4ccccc4)c4c(=O)n(C)c(=O)n(C)c4c32)c(OC)c1OC. The third-order valence-corrected chi connectivity index (χ3v) is 6.62. The fourth-order valence-electron chi connectivity index (χ4n) is 5.04. The number of hydrogen-bond donors (Lipinski definition) is 0. The minimum atomic E-state index is -0.615. The Morgan fingerprint density at radius 1 is 0.886 bits per heavy atom. The molecule has 0 bridgehead atoms. The van der Waals surface area contributed by atoms with Crippen molar-refractivity contribution in [3.63, 3.8) is 0 Å². The molecule has 0 saturated carbocycles. The van der Waals surface area contributed by atoms with Crippen molar-refractivity contribution in [3.8, 4) is 28.5 Å². The van der Waals surface area contributed by atoms with Gasteiger partial charge in [0, 0.05) is 26.2 Å². The molecule has 9 heteroatoms. The number of benzene rings is 2. The van der Waals surface area contributed by atoms with Gasteiger partial charge >= 0.3 is 5.69 Å². The van der Waals surface area contributed by atoms with Crippen LogP contribution in [-0.2, 0) is 25.4 Å². The maximum Gasteiger partial charge on any atom is 0.331 e. The topological polar surface area (TPSA) is 85.9 Å². The molecule has 0 saturated heterocycles. The predicted octanol–water partition coefficient (Wildman–Crippen LogP) is 2.85. The first kappa shape index (κ1) is 22.8. The van der Waals surface area contributed by atoms with E-state index in [0.29, 0.717) is 52.6 Å². The molecule has 0 unspecified atom stereocenters. The van der Waals surface area contributed by atoms with Crippen molar-refractivity contribution in [2.75, 3.05) is 27.9 Å². The van der Waals surface area contributed by atoms with E-state index in [-0.39, 0.29) is 5.56 Å². The van der Waals surface area contributed by atoms with Gasteiger partial charge in [-0.3, -0.25) is 13.9 Å². The Balaban J connectivity index is 1.92. The molecule has 2 aromatic heterocycles. The summed E-state index contributed by atoms with van der Waals surface area (Å²) in [4.78, 5) is 26.5. The molecule has 0 N–H and O–H groups in total. The number of aryl methyl sites for hydroxylation is 1. The van der Waals surface area contributed by atoms with Crippen molar-refractivity contribution in [2.24, 2.45) is 14.1 Å². The first-order chi connectivity index (χ1) is 16.9. The van der Waals surface area contributed by atoms with Crippen molar-refractivity contribution in [3.05, 3.63) is 74.6 Å². The molecule has 1 atom stereocenters. The number of aromatic nitrogens is 3. The first-order valence-electron chi connectivity index (χ1n) is 11.2. The summed E-state index contributed by atoms with van der Waals surface area (Å²) in [6.07, 6.45) is -0.615. The molecule has 182 valence electrons. The second-order valence-electron chi connectivity index (χ2n) is 8.36. The number of ether oxygens (including phenoxy) is 4. The molecule has 0 spiro atoms. The highest BCUT2D eigenvalue weighted by molar-refractivity contribution is 5.96. The van der Waals surface area contributed by atoms with Gasteiger partial charge in [0.15, 0.2) is 11.5 Å². The Labute approximate surface area is 201 Å². The lowest BCUT2D eigenvalue weighted by Gasteiger charge is -2.29. The lowest BCUT2D eigenvalue weighted by Crippen LogP contribution is -2.37. The Morgan fingerprint density at radius 2 is 1.60 bits per heavy atom. The van der Waals surface area contributed by atoms with E-state index in [1.807, 2.05) is 36.4 Å². The molecule has 0 fully saturated rings. The molecule has 9 nitrogen and oxygen atoms in total. The maximum absolute atomic E-state index is 13.5. The normalized spacial score (nSPS) is 15.2. The molecule has 1 aliphatic heterocycles. The molecule has 0 radical (unpaired) electrons. The van der Waals surface area contributed by atoms with Crippen LogP contribution < -0.4 is 25.5 Å². The molecular weight excluding hydrogens is 450 g/mol. The van der Waals surface area contributed by atoms with E-state index >= 15 is 0 Å². The molecule has 1 aliphatic rings. The molecule has 0 aliphatic carbocycles. The summed E-state index contributed by atoms with van der Waals surface area (Å²) in [6, 6.07) is 13.4. The van der Waals surface area contributed by atoms with Crippen molar-refractivity contribution in [1.29, 1.82) is 0 Å². The smallest absolute Gasteiger partial charge is 0.331 e. The molecule has 3 heterocycles. The summed E-state index contributed by atoms with van der Waals surface area (Å²) >= 11 is 0. The van der Waals surface area contributed by atoms with Crippen molar-refractivity contribution < 1.29 is 18.9 Å². The van der Waals surface area contributed by atoms with Gasteiger partial charge in [-0.15, -0.1) is 0 Å². The van der Waals surface area contributed by atoms with E-state index in [1.54, 1.807) is 34.4 Å². The highest BCUT2D eigenvalue weighted by Gasteiger charge is 2.35. The second-order valence-corrected chi connectivity index (χ2v) is 8.36. The van der Waals surface area contributed by atoms with Crippen LogP contribution in [0.5, 0.6) is 17.2 Å².